The number of hydrogen-bond acceptors (Lipinski definition) is 2. The van der Waals surface area contributed by atoms with Crippen LogP contribution in [0.3, 0.4) is 0 Å². The minimum atomic E-state index is 0.136. The Hall–Kier alpha value is -1.51. The van der Waals surface area contributed by atoms with Gasteiger partial charge in [0.1, 0.15) is 5.75 Å². The molecule has 23 heavy (non-hydrogen) atoms. The van der Waals surface area contributed by atoms with Gasteiger partial charge in [0.25, 0.3) is 0 Å². The maximum atomic E-state index is 12.1. The Morgan fingerprint density at radius 1 is 1.04 bits per heavy atom. The summed E-state index contributed by atoms with van der Waals surface area (Å²) in [6.45, 7) is 1.34. The summed E-state index contributed by atoms with van der Waals surface area (Å²) in [6, 6.07) is 9.70. The number of ether oxygens (including phenoxy) is 1. The molecule has 0 spiro atoms. The van der Waals surface area contributed by atoms with E-state index < -0.39 is 0 Å². The van der Waals surface area contributed by atoms with Crippen molar-refractivity contribution in [1.82, 2.24) is 5.32 Å². The lowest BCUT2D eigenvalue weighted by Gasteiger charge is -2.56. The lowest BCUT2D eigenvalue weighted by atomic mass is 9.49. The second kappa shape index (κ2) is 6.18. The van der Waals surface area contributed by atoms with E-state index in [-0.39, 0.29) is 5.91 Å². The van der Waals surface area contributed by atoms with Crippen molar-refractivity contribution in [2.24, 2.45) is 23.2 Å². The molecule has 1 aromatic rings. The van der Waals surface area contributed by atoms with Crippen molar-refractivity contribution in [3.05, 3.63) is 30.3 Å². The molecule has 4 aliphatic carbocycles. The van der Waals surface area contributed by atoms with Gasteiger partial charge in [-0.15, -0.1) is 0 Å². The van der Waals surface area contributed by atoms with Gasteiger partial charge in [0.2, 0.25) is 5.91 Å². The van der Waals surface area contributed by atoms with Crippen LogP contribution in [0.4, 0.5) is 0 Å². The highest BCUT2D eigenvalue weighted by atomic mass is 16.5. The number of para-hydroxylation sites is 1. The largest absolute Gasteiger partial charge is 0.493 e. The first-order valence-electron chi connectivity index (χ1n) is 9.15. The van der Waals surface area contributed by atoms with Gasteiger partial charge in [0.15, 0.2) is 0 Å². The van der Waals surface area contributed by atoms with Gasteiger partial charge in [0, 0.05) is 6.54 Å². The van der Waals surface area contributed by atoms with Crippen LogP contribution in [-0.2, 0) is 4.79 Å². The van der Waals surface area contributed by atoms with Gasteiger partial charge in [-0.25, -0.2) is 0 Å². The maximum absolute atomic E-state index is 12.1. The van der Waals surface area contributed by atoms with Gasteiger partial charge in [0.05, 0.1) is 13.0 Å². The van der Waals surface area contributed by atoms with Crippen molar-refractivity contribution < 1.29 is 9.53 Å². The zero-order valence-corrected chi connectivity index (χ0v) is 13.8. The summed E-state index contributed by atoms with van der Waals surface area (Å²) in [6.07, 6.45) is 8.86. The quantitative estimate of drug-likeness (QED) is 0.868. The summed E-state index contributed by atoms with van der Waals surface area (Å²) in [5.74, 6) is 3.80. The standard InChI is InChI=1S/C20H27NO2/c22-19(6-7-23-18-4-2-1-3-5-18)21-14-20-11-15-8-16(12-20)10-17(9-15)13-20/h1-5,15-17H,6-14H2,(H,21,22). The van der Waals surface area contributed by atoms with E-state index in [1.165, 1.54) is 38.5 Å². The molecule has 1 amide bonds. The fourth-order valence-electron chi connectivity index (χ4n) is 5.66. The molecule has 4 fully saturated rings. The molecular weight excluding hydrogens is 286 g/mol. The molecular formula is C20H27NO2. The Labute approximate surface area is 138 Å². The summed E-state index contributed by atoms with van der Waals surface area (Å²) in [5, 5.41) is 3.21. The second-order valence-electron chi connectivity index (χ2n) is 8.11. The van der Waals surface area contributed by atoms with Crippen LogP contribution in [0.1, 0.15) is 44.9 Å². The van der Waals surface area contributed by atoms with Crippen molar-refractivity contribution in [2.75, 3.05) is 13.2 Å². The Kier molecular flexibility index (Phi) is 4.04. The average molecular weight is 313 g/mol. The van der Waals surface area contributed by atoms with E-state index in [9.17, 15) is 4.79 Å². The van der Waals surface area contributed by atoms with Crippen LogP contribution in [0.2, 0.25) is 0 Å². The predicted molar refractivity (Wildman–Crippen MR) is 90.2 cm³/mol. The molecule has 1 aromatic carbocycles. The summed E-state index contributed by atoms with van der Waals surface area (Å²) >= 11 is 0. The van der Waals surface area contributed by atoms with Crippen LogP contribution in [-0.4, -0.2) is 19.1 Å². The highest BCUT2D eigenvalue weighted by molar-refractivity contribution is 5.76. The van der Waals surface area contributed by atoms with Gasteiger partial charge in [-0.05, 0) is 73.8 Å². The summed E-state index contributed by atoms with van der Waals surface area (Å²) < 4.78 is 5.61. The fraction of sp³-hybridized carbons (Fsp3) is 0.650. The van der Waals surface area contributed by atoms with Crippen molar-refractivity contribution in [3.8, 4) is 5.75 Å². The average Bonchev–Trinajstić information content (AvgIpc) is 2.53. The summed E-state index contributed by atoms with van der Waals surface area (Å²) in [4.78, 5) is 12.1. The fourth-order valence-corrected chi connectivity index (χ4v) is 5.66. The molecule has 124 valence electrons. The number of carbonyl (C=O) groups is 1. The minimum absolute atomic E-state index is 0.136. The number of rotatable bonds is 6. The van der Waals surface area contributed by atoms with Gasteiger partial charge < -0.3 is 10.1 Å². The maximum Gasteiger partial charge on any atom is 0.223 e. The van der Waals surface area contributed by atoms with Crippen LogP contribution >= 0.6 is 0 Å². The smallest absolute Gasteiger partial charge is 0.223 e. The molecule has 3 nitrogen and oxygen atoms in total. The number of amides is 1. The Morgan fingerprint density at radius 2 is 1.65 bits per heavy atom. The predicted octanol–water partition coefficient (Wildman–Crippen LogP) is 3.79. The first kappa shape index (κ1) is 15.0. The third-order valence-electron chi connectivity index (χ3n) is 6.17. The van der Waals surface area contributed by atoms with E-state index in [1.54, 1.807) is 0 Å². The molecule has 4 aliphatic rings. The molecule has 0 unspecified atom stereocenters. The highest BCUT2D eigenvalue weighted by Gasteiger charge is 2.50. The van der Waals surface area contributed by atoms with E-state index in [1.807, 2.05) is 30.3 Å². The van der Waals surface area contributed by atoms with Crippen LogP contribution in [0.5, 0.6) is 5.75 Å². The van der Waals surface area contributed by atoms with Crippen LogP contribution in [0.15, 0.2) is 30.3 Å². The van der Waals surface area contributed by atoms with Gasteiger partial charge >= 0.3 is 0 Å². The van der Waals surface area contributed by atoms with Gasteiger partial charge in [-0.1, -0.05) is 18.2 Å². The van der Waals surface area contributed by atoms with Crippen LogP contribution < -0.4 is 10.1 Å². The molecule has 0 heterocycles. The highest BCUT2D eigenvalue weighted by Crippen LogP contribution is 2.59. The molecule has 0 radical (unpaired) electrons. The molecule has 0 atom stereocenters. The van der Waals surface area contributed by atoms with E-state index >= 15 is 0 Å². The number of hydrogen-bond donors (Lipinski definition) is 1. The van der Waals surface area contributed by atoms with E-state index in [0.29, 0.717) is 18.4 Å². The zero-order valence-electron chi connectivity index (χ0n) is 13.8. The second-order valence-corrected chi connectivity index (χ2v) is 8.11. The molecule has 5 rings (SSSR count). The Morgan fingerprint density at radius 3 is 2.26 bits per heavy atom. The van der Waals surface area contributed by atoms with Crippen molar-refractivity contribution in [1.29, 1.82) is 0 Å². The van der Waals surface area contributed by atoms with Gasteiger partial charge in [-0.2, -0.15) is 0 Å². The number of benzene rings is 1. The number of nitrogens with one attached hydrogen (secondary N) is 1. The first-order chi connectivity index (χ1) is 11.2. The van der Waals surface area contributed by atoms with Crippen molar-refractivity contribution >= 4 is 5.91 Å². The molecule has 0 aromatic heterocycles. The minimum Gasteiger partial charge on any atom is -0.493 e. The molecule has 0 aliphatic heterocycles. The van der Waals surface area contributed by atoms with Crippen molar-refractivity contribution in [3.63, 3.8) is 0 Å². The zero-order chi connectivity index (χ0) is 15.7. The molecule has 4 saturated carbocycles. The topological polar surface area (TPSA) is 38.3 Å². The normalized spacial score (nSPS) is 34.3. The van der Waals surface area contributed by atoms with Crippen molar-refractivity contribution in [2.45, 2.75) is 44.9 Å². The van der Waals surface area contributed by atoms with E-state index in [2.05, 4.69) is 5.32 Å². The van der Waals surface area contributed by atoms with E-state index in [0.717, 1.165) is 30.0 Å². The number of carbonyl (C=O) groups excluding carboxylic acids is 1. The van der Waals surface area contributed by atoms with Gasteiger partial charge in [-0.3, -0.25) is 4.79 Å². The summed E-state index contributed by atoms with van der Waals surface area (Å²) in [5.41, 5.74) is 0.421. The third-order valence-corrected chi connectivity index (χ3v) is 6.17. The van der Waals surface area contributed by atoms with E-state index in [4.69, 9.17) is 4.74 Å². The van der Waals surface area contributed by atoms with Crippen LogP contribution in [0, 0.1) is 23.2 Å². The lowest BCUT2D eigenvalue weighted by Crippen LogP contribution is -2.51. The Balaban J connectivity index is 1.22. The molecule has 0 saturated heterocycles. The summed E-state index contributed by atoms with van der Waals surface area (Å²) in [7, 11) is 0. The SMILES string of the molecule is O=C(CCOc1ccccc1)NCC12CC3CC(CC(C3)C1)C2. The first-order valence-corrected chi connectivity index (χ1v) is 9.15. The molecule has 1 N–H and O–H groups in total. The Bertz CT molecular complexity index is 519. The lowest BCUT2D eigenvalue weighted by molar-refractivity contribution is -0.123. The van der Waals surface area contributed by atoms with Crippen LogP contribution in [0.25, 0.3) is 0 Å². The monoisotopic (exact) mass is 313 g/mol. The third kappa shape index (κ3) is 3.39. The molecule has 3 heteroatoms. The molecule has 4 bridgehead atoms.